The van der Waals surface area contributed by atoms with Crippen molar-refractivity contribution in [3.05, 3.63) is 22.8 Å². The predicted molar refractivity (Wildman–Crippen MR) is 86.9 cm³/mol. The summed E-state index contributed by atoms with van der Waals surface area (Å²) in [6.07, 6.45) is 0.425. The number of ether oxygens (including phenoxy) is 1. The van der Waals surface area contributed by atoms with E-state index in [2.05, 4.69) is 20.9 Å². The summed E-state index contributed by atoms with van der Waals surface area (Å²) in [5.74, 6) is 0. The van der Waals surface area contributed by atoms with E-state index in [9.17, 15) is 13.2 Å². The fourth-order valence-corrected chi connectivity index (χ4v) is 3.75. The molecule has 0 atom stereocenters. The van der Waals surface area contributed by atoms with Crippen molar-refractivity contribution in [2.24, 2.45) is 0 Å². The molecule has 0 aliphatic rings. The largest absolute Gasteiger partial charge is 0.443 e. The highest BCUT2D eigenvalue weighted by Gasteiger charge is 2.41. The maximum Gasteiger partial charge on any atom is 0.424 e. The van der Waals surface area contributed by atoms with Gasteiger partial charge in [-0.05, 0) is 53.7 Å². The van der Waals surface area contributed by atoms with E-state index in [0.29, 0.717) is 4.47 Å². The van der Waals surface area contributed by atoms with Gasteiger partial charge in [0.1, 0.15) is 5.60 Å². The van der Waals surface area contributed by atoms with Gasteiger partial charge in [-0.15, -0.1) is 0 Å². The van der Waals surface area contributed by atoms with E-state index in [4.69, 9.17) is 4.74 Å². The molecule has 1 aromatic heterocycles. The van der Waals surface area contributed by atoms with Crippen LogP contribution in [0, 0.1) is 0 Å². The smallest absolute Gasteiger partial charge is 0.424 e. The van der Waals surface area contributed by atoms with Crippen LogP contribution in [0.3, 0.4) is 0 Å². The summed E-state index contributed by atoms with van der Waals surface area (Å²) < 4.78 is 32.1. The van der Waals surface area contributed by atoms with Gasteiger partial charge in [-0.25, -0.2) is 9.78 Å². The number of sulfonamides is 1. The molecule has 124 valence electrons. The van der Waals surface area contributed by atoms with Crippen LogP contribution in [0.2, 0.25) is 0 Å². The van der Waals surface area contributed by atoms with Gasteiger partial charge in [0.05, 0.1) is 5.54 Å². The Balaban J connectivity index is 3.37. The highest BCUT2D eigenvalue weighted by molar-refractivity contribution is 9.10. The van der Waals surface area contributed by atoms with Crippen LogP contribution in [0.25, 0.3) is 0 Å². The molecule has 1 amide bonds. The van der Waals surface area contributed by atoms with E-state index >= 15 is 0 Å². The van der Waals surface area contributed by atoms with Crippen molar-refractivity contribution in [2.45, 2.75) is 57.7 Å². The van der Waals surface area contributed by atoms with E-state index in [-0.39, 0.29) is 5.03 Å². The van der Waals surface area contributed by atoms with Crippen molar-refractivity contribution in [3.8, 4) is 0 Å². The van der Waals surface area contributed by atoms with E-state index < -0.39 is 27.3 Å². The first kappa shape index (κ1) is 18.9. The highest BCUT2D eigenvalue weighted by atomic mass is 79.9. The Morgan fingerprint density at radius 2 is 1.77 bits per heavy atom. The van der Waals surface area contributed by atoms with Crippen LogP contribution in [0.15, 0.2) is 27.8 Å². The number of halogens is 1. The Bertz CT molecular complexity index is 660. The summed E-state index contributed by atoms with van der Waals surface area (Å²) in [6.45, 7) is 9.88. The van der Waals surface area contributed by atoms with E-state index in [1.807, 2.05) is 0 Å². The third kappa shape index (κ3) is 4.67. The quantitative estimate of drug-likeness (QED) is 0.768. The standard InChI is InChI=1S/C14H21BrN2O4S/c1-13(2,3)17(12(18)21-14(4,5)6)22(19,20)11-9-10(15)7-8-16-11/h7-9H,1-6H3. The number of aromatic nitrogens is 1. The summed E-state index contributed by atoms with van der Waals surface area (Å²) in [5, 5.41) is -0.220. The Labute approximate surface area is 140 Å². The molecule has 0 spiro atoms. The third-order valence-electron chi connectivity index (χ3n) is 2.37. The SMILES string of the molecule is CC(C)(C)OC(=O)N(C(C)(C)C)S(=O)(=O)c1cc(Br)ccn1. The molecule has 0 saturated heterocycles. The van der Waals surface area contributed by atoms with Crippen LogP contribution in [0.4, 0.5) is 4.79 Å². The molecule has 0 bridgehead atoms. The number of carbonyl (C=O) groups is 1. The molecule has 0 aliphatic heterocycles. The number of carbonyl (C=O) groups excluding carboxylic acids is 1. The number of amides is 1. The van der Waals surface area contributed by atoms with Gasteiger partial charge in [-0.2, -0.15) is 12.7 Å². The van der Waals surface area contributed by atoms with Crippen molar-refractivity contribution >= 4 is 32.0 Å². The molecule has 22 heavy (non-hydrogen) atoms. The minimum absolute atomic E-state index is 0.220. The second kappa shape index (κ2) is 6.16. The van der Waals surface area contributed by atoms with Crippen LogP contribution in [-0.2, 0) is 14.8 Å². The molecule has 6 nitrogen and oxygen atoms in total. The van der Waals surface area contributed by atoms with Crippen LogP contribution in [-0.4, -0.2) is 34.9 Å². The molecule has 0 fully saturated rings. The lowest BCUT2D eigenvalue weighted by atomic mass is 10.1. The Morgan fingerprint density at radius 3 is 2.18 bits per heavy atom. The molecule has 0 N–H and O–H groups in total. The number of pyridine rings is 1. The molecular weight excluding hydrogens is 372 g/mol. The summed E-state index contributed by atoms with van der Waals surface area (Å²) >= 11 is 3.20. The predicted octanol–water partition coefficient (Wildman–Crippen LogP) is 3.57. The first-order valence-corrected chi connectivity index (χ1v) is 8.88. The minimum Gasteiger partial charge on any atom is -0.443 e. The number of hydrogen-bond donors (Lipinski definition) is 0. The summed E-state index contributed by atoms with van der Waals surface area (Å²) in [7, 11) is -4.14. The summed E-state index contributed by atoms with van der Waals surface area (Å²) in [5.41, 5.74) is -1.80. The maximum absolute atomic E-state index is 12.8. The molecule has 1 rings (SSSR count). The van der Waals surface area contributed by atoms with Crippen LogP contribution >= 0.6 is 15.9 Å². The van der Waals surface area contributed by atoms with Crippen molar-refractivity contribution < 1.29 is 17.9 Å². The summed E-state index contributed by atoms with van der Waals surface area (Å²) in [4.78, 5) is 16.3. The zero-order valence-electron chi connectivity index (χ0n) is 13.5. The van der Waals surface area contributed by atoms with Crippen molar-refractivity contribution in [1.82, 2.24) is 9.29 Å². The number of nitrogens with zero attached hydrogens (tertiary/aromatic N) is 2. The van der Waals surface area contributed by atoms with E-state index in [0.717, 1.165) is 4.31 Å². The molecule has 1 heterocycles. The van der Waals surface area contributed by atoms with Gasteiger partial charge in [0.15, 0.2) is 5.03 Å². The zero-order chi connectivity index (χ0) is 17.3. The van der Waals surface area contributed by atoms with Crippen LogP contribution in [0.5, 0.6) is 0 Å². The van der Waals surface area contributed by atoms with Gasteiger partial charge in [0, 0.05) is 10.7 Å². The molecular formula is C14H21BrN2O4S. The Kier molecular flexibility index (Phi) is 5.29. The van der Waals surface area contributed by atoms with Gasteiger partial charge in [-0.1, -0.05) is 15.9 Å². The van der Waals surface area contributed by atoms with Crippen molar-refractivity contribution in [2.75, 3.05) is 0 Å². The number of rotatable bonds is 2. The zero-order valence-corrected chi connectivity index (χ0v) is 15.9. The van der Waals surface area contributed by atoms with Crippen molar-refractivity contribution in [1.29, 1.82) is 0 Å². The maximum atomic E-state index is 12.8. The van der Waals surface area contributed by atoms with Gasteiger partial charge in [0.25, 0.3) is 10.0 Å². The normalized spacial score (nSPS) is 12.9. The van der Waals surface area contributed by atoms with E-state index in [1.54, 1.807) is 47.6 Å². The van der Waals surface area contributed by atoms with E-state index in [1.165, 1.54) is 12.3 Å². The van der Waals surface area contributed by atoms with Crippen LogP contribution < -0.4 is 0 Å². The topological polar surface area (TPSA) is 76.6 Å². The lowest BCUT2D eigenvalue weighted by Crippen LogP contribution is -2.51. The lowest BCUT2D eigenvalue weighted by Gasteiger charge is -2.35. The molecule has 0 unspecified atom stereocenters. The van der Waals surface area contributed by atoms with Gasteiger partial charge in [0.2, 0.25) is 0 Å². The Hall–Kier alpha value is -1.15. The van der Waals surface area contributed by atoms with Crippen molar-refractivity contribution in [3.63, 3.8) is 0 Å². The average molecular weight is 393 g/mol. The minimum atomic E-state index is -4.14. The lowest BCUT2D eigenvalue weighted by molar-refractivity contribution is 0.0282. The second-order valence-electron chi connectivity index (χ2n) is 6.73. The monoisotopic (exact) mass is 392 g/mol. The van der Waals surface area contributed by atoms with Gasteiger partial charge in [-0.3, -0.25) is 0 Å². The van der Waals surface area contributed by atoms with Crippen LogP contribution in [0.1, 0.15) is 41.5 Å². The molecule has 0 aromatic carbocycles. The molecule has 0 radical (unpaired) electrons. The molecule has 1 aromatic rings. The first-order valence-electron chi connectivity index (χ1n) is 6.65. The highest BCUT2D eigenvalue weighted by Crippen LogP contribution is 2.27. The fourth-order valence-electron chi connectivity index (χ4n) is 1.66. The fraction of sp³-hybridized carbons (Fsp3) is 0.571. The molecule has 0 saturated carbocycles. The summed E-state index contributed by atoms with van der Waals surface area (Å²) in [6, 6.07) is 2.95. The van der Waals surface area contributed by atoms with Gasteiger partial charge >= 0.3 is 6.09 Å². The van der Waals surface area contributed by atoms with Gasteiger partial charge < -0.3 is 4.74 Å². The second-order valence-corrected chi connectivity index (χ2v) is 9.38. The Morgan fingerprint density at radius 1 is 1.23 bits per heavy atom. The average Bonchev–Trinajstić information content (AvgIpc) is 2.23. The third-order valence-corrected chi connectivity index (χ3v) is 4.79. The molecule has 0 aliphatic carbocycles. The number of hydrogen-bond acceptors (Lipinski definition) is 5. The first-order chi connectivity index (χ1) is 9.75. The molecule has 8 heteroatoms.